The molecule has 0 radical (unpaired) electrons. The van der Waals surface area contributed by atoms with Crippen LogP contribution < -0.4 is 5.73 Å². The second kappa shape index (κ2) is 5.45. The third kappa shape index (κ3) is 2.56. The second-order valence-corrected chi connectivity index (χ2v) is 8.42. The first-order valence-electron chi connectivity index (χ1n) is 7.48. The summed E-state index contributed by atoms with van der Waals surface area (Å²) in [5.41, 5.74) is 6.79. The van der Waals surface area contributed by atoms with Crippen LogP contribution in [0.1, 0.15) is 37.7 Å². The van der Waals surface area contributed by atoms with Crippen molar-refractivity contribution in [1.82, 2.24) is 4.31 Å². The molecule has 1 aliphatic heterocycles. The number of hydrogen-bond acceptors (Lipinski definition) is 3. The average molecular weight is 329 g/mol. The van der Waals surface area contributed by atoms with Gasteiger partial charge in [0.2, 0.25) is 10.0 Å². The summed E-state index contributed by atoms with van der Waals surface area (Å²) in [6, 6.07) is 3.31. The Bertz CT molecular complexity index is 660. The number of anilines is 1. The molecule has 0 amide bonds. The molecule has 0 spiro atoms. The maximum absolute atomic E-state index is 13.0. The molecule has 3 rings (SSSR count). The van der Waals surface area contributed by atoms with Crippen molar-refractivity contribution >= 4 is 27.3 Å². The molecule has 1 saturated heterocycles. The maximum Gasteiger partial charge on any atom is 0.243 e. The van der Waals surface area contributed by atoms with Gasteiger partial charge >= 0.3 is 0 Å². The molecular weight excluding hydrogens is 308 g/mol. The number of sulfonamides is 1. The molecule has 1 saturated carbocycles. The third-order valence-corrected chi connectivity index (χ3v) is 7.22. The van der Waals surface area contributed by atoms with Gasteiger partial charge in [-0.3, -0.25) is 0 Å². The van der Waals surface area contributed by atoms with Crippen molar-refractivity contribution < 1.29 is 8.42 Å². The molecule has 6 heteroatoms. The molecule has 1 aromatic rings. The number of piperidine rings is 1. The monoisotopic (exact) mass is 328 g/mol. The van der Waals surface area contributed by atoms with Gasteiger partial charge in [-0.1, -0.05) is 18.0 Å². The summed E-state index contributed by atoms with van der Waals surface area (Å²) in [6.45, 7) is 2.39. The SMILES string of the molecule is Cc1cc(Cl)c(N)cc1S(=O)(=O)N1CCCC2CCCC21. The fourth-order valence-electron chi connectivity index (χ4n) is 3.78. The summed E-state index contributed by atoms with van der Waals surface area (Å²) in [5, 5.41) is 0.406. The van der Waals surface area contributed by atoms with Crippen LogP contribution in [0.4, 0.5) is 5.69 Å². The van der Waals surface area contributed by atoms with Gasteiger partial charge in [-0.2, -0.15) is 4.31 Å². The lowest BCUT2D eigenvalue weighted by molar-refractivity contribution is 0.202. The van der Waals surface area contributed by atoms with Crippen molar-refractivity contribution in [2.75, 3.05) is 12.3 Å². The van der Waals surface area contributed by atoms with E-state index in [9.17, 15) is 8.42 Å². The first-order valence-corrected chi connectivity index (χ1v) is 9.30. The maximum atomic E-state index is 13.0. The van der Waals surface area contributed by atoms with Gasteiger partial charge in [0.15, 0.2) is 0 Å². The first kappa shape index (κ1) is 15.1. The van der Waals surface area contributed by atoms with E-state index in [4.69, 9.17) is 17.3 Å². The van der Waals surface area contributed by atoms with Crippen LogP contribution in [0.5, 0.6) is 0 Å². The normalized spacial score (nSPS) is 26.8. The summed E-state index contributed by atoms with van der Waals surface area (Å²) >= 11 is 5.98. The van der Waals surface area contributed by atoms with E-state index in [0.29, 0.717) is 33.6 Å². The Morgan fingerprint density at radius 2 is 1.95 bits per heavy atom. The lowest BCUT2D eigenvalue weighted by Crippen LogP contribution is -2.46. The highest BCUT2D eigenvalue weighted by Crippen LogP contribution is 2.40. The van der Waals surface area contributed by atoms with Crippen LogP contribution in [0.15, 0.2) is 17.0 Å². The molecule has 1 aliphatic carbocycles. The molecule has 2 unspecified atom stereocenters. The lowest BCUT2D eigenvalue weighted by Gasteiger charge is -2.37. The predicted molar refractivity (Wildman–Crippen MR) is 84.9 cm³/mol. The largest absolute Gasteiger partial charge is 0.397 e. The Labute approximate surface area is 131 Å². The predicted octanol–water partition coefficient (Wildman–Crippen LogP) is 3.18. The van der Waals surface area contributed by atoms with Gasteiger partial charge < -0.3 is 5.73 Å². The van der Waals surface area contributed by atoms with E-state index >= 15 is 0 Å². The van der Waals surface area contributed by atoms with Gasteiger partial charge in [-0.15, -0.1) is 0 Å². The van der Waals surface area contributed by atoms with Crippen LogP contribution in [-0.4, -0.2) is 25.3 Å². The van der Waals surface area contributed by atoms with Gasteiger partial charge in [0.05, 0.1) is 15.6 Å². The highest BCUT2D eigenvalue weighted by molar-refractivity contribution is 7.89. The van der Waals surface area contributed by atoms with Crippen molar-refractivity contribution in [3.05, 3.63) is 22.7 Å². The minimum atomic E-state index is -3.49. The van der Waals surface area contributed by atoms with E-state index in [1.54, 1.807) is 17.3 Å². The summed E-state index contributed by atoms with van der Waals surface area (Å²) in [7, 11) is -3.49. The van der Waals surface area contributed by atoms with Gasteiger partial charge in [-0.25, -0.2) is 8.42 Å². The van der Waals surface area contributed by atoms with E-state index in [0.717, 1.165) is 32.1 Å². The summed E-state index contributed by atoms with van der Waals surface area (Å²) in [4.78, 5) is 0.303. The molecule has 1 aromatic carbocycles. The minimum Gasteiger partial charge on any atom is -0.397 e. The van der Waals surface area contributed by atoms with Crippen LogP contribution >= 0.6 is 11.6 Å². The Kier molecular flexibility index (Phi) is 3.93. The topological polar surface area (TPSA) is 63.4 Å². The Morgan fingerprint density at radius 3 is 2.71 bits per heavy atom. The summed E-state index contributed by atoms with van der Waals surface area (Å²) in [6.07, 6.45) is 5.36. The van der Waals surface area contributed by atoms with Crippen LogP contribution in [0.2, 0.25) is 5.02 Å². The smallest absolute Gasteiger partial charge is 0.243 e. The minimum absolute atomic E-state index is 0.167. The fraction of sp³-hybridized carbons (Fsp3) is 0.600. The number of rotatable bonds is 2. The Hall–Kier alpha value is -0.780. The van der Waals surface area contributed by atoms with Gasteiger partial charge in [0, 0.05) is 12.6 Å². The van der Waals surface area contributed by atoms with Crippen LogP contribution in [0, 0.1) is 12.8 Å². The highest BCUT2D eigenvalue weighted by Gasteiger charge is 2.41. The quantitative estimate of drug-likeness (QED) is 0.848. The first-order chi connectivity index (χ1) is 9.91. The molecule has 2 N–H and O–H groups in total. The lowest BCUT2D eigenvalue weighted by atomic mass is 9.94. The molecule has 0 bridgehead atoms. The fourth-order valence-corrected chi connectivity index (χ4v) is 6.00. The van der Waals surface area contributed by atoms with Crippen molar-refractivity contribution in [2.45, 2.75) is 50.0 Å². The van der Waals surface area contributed by atoms with Crippen LogP contribution in [0.25, 0.3) is 0 Å². The zero-order chi connectivity index (χ0) is 15.2. The number of nitrogens with zero attached hydrogens (tertiary/aromatic N) is 1. The van der Waals surface area contributed by atoms with Crippen LogP contribution in [0.3, 0.4) is 0 Å². The zero-order valence-corrected chi connectivity index (χ0v) is 13.8. The number of nitrogen functional groups attached to an aromatic ring is 1. The van der Waals surface area contributed by atoms with Crippen LogP contribution in [-0.2, 0) is 10.0 Å². The second-order valence-electron chi connectivity index (χ2n) is 6.16. The van der Waals surface area contributed by atoms with Gasteiger partial charge in [-0.05, 0) is 56.2 Å². The van der Waals surface area contributed by atoms with Gasteiger partial charge in [0.1, 0.15) is 0 Å². The Morgan fingerprint density at radius 1 is 1.24 bits per heavy atom. The highest BCUT2D eigenvalue weighted by atomic mass is 35.5. The molecule has 116 valence electrons. The summed E-state index contributed by atoms with van der Waals surface area (Å²) < 4.78 is 27.8. The Balaban J connectivity index is 2.02. The number of nitrogens with two attached hydrogens (primary N) is 1. The molecule has 1 heterocycles. The molecule has 2 aliphatic rings. The number of benzene rings is 1. The molecule has 2 atom stereocenters. The van der Waals surface area contributed by atoms with Crippen molar-refractivity contribution in [3.63, 3.8) is 0 Å². The number of halogens is 1. The average Bonchev–Trinajstić information content (AvgIpc) is 2.90. The standard InChI is InChI=1S/C15H21ClN2O2S/c1-10-8-12(16)13(17)9-15(10)21(19,20)18-7-3-5-11-4-2-6-14(11)18/h8-9,11,14H,2-7,17H2,1H3. The van der Waals surface area contributed by atoms with E-state index in [1.807, 2.05) is 0 Å². The van der Waals surface area contributed by atoms with Crippen molar-refractivity contribution in [1.29, 1.82) is 0 Å². The number of fused-ring (bicyclic) bond motifs is 1. The molecule has 4 nitrogen and oxygen atoms in total. The van der Waals surface area contributed by atoms with E-state index < -0.39 is 10.0 Å². The number of hydrogen-bond donors (Lipinski definition) is 1. The molecule has 2 fully saturated rings. The van der Waals surface area contributed by atoms with E-state index in [1.165, 1.54) is 6.07 Å². The van der Waals surface area contributed by atoms with E-state index in [-0.39, 0.29) is 6.04 Å². The summed E-state index contributed by atoms with van der Waals surface area (Å²) in [5.74, 6) is 0.526. The molecule has 0 aromatic heterocycles. The van der Waals surface area contributed by atoms with Crippen molar-refractivity contribution in [2.24, 2.45) is 5.92 Å². The van der Waals surface area contributed by atoms with Crippen molar-refractivity contribution in [3.8, 4) is 0 Å². The number of aryl methyl sites for hydroxylation is 1. The molecule has 21 heavy (non-hydrogen) atoms. The third-order valence-electron chi connectivity index (χ3n) is 4.82. The van der Waals surface area contributed by atoms with Gasteiger partial charge in [0.25, 0.3) is 0 Å². The molecular formula is C15H21ClN2O2S. The zero-order valence-electron chi connectivity index (χ0n) is 12.2. The van der Waals surface area contributed by atoms with E-state index in [2.05, 4.69) is 0 Å².